The van der Waals surface area contributed by atoms with Crippen LogP contribution in [0.25, 0.3) is 0 Å². The fourth-order valence-electron chi connectivity index (χ4n) is 2.84. The molecule has 0 spiro atoms. The Labute approximate surface area is 158 Å². The normalized spacial score (nSPS) is 16.4. The fourth-order valence-corrected chi connectivity index (χ4v) is 3.99. The number of rotatable bonds is 5. The van der Waals surface area contributed by atoms with Gasteiger partial charge in [0.25, 0.3) is 5.91 Å². The maximum Gasteiger partial charge on any atom is 0.255 e. The van der Waals surface area contributed by atoms with Crippen LogP contribution in [-0.4, -0.2) is 48.0 Å². The minimum absolute atomic E-state index is 0.102. The molecule has 2 aromatic carbocycles. The van der Waals surface area contributed by atoms with Gasteiger partial charge in [0.15, 0.2) is 0 Å². The Morgan fingerprint density at radius 1 is 1.19 bits per heavy atom. The van der Waals surface area contributed by atoms with Crippen LogP contribution in [0.3, 0.4) is 0 Å². The van der Waals surface area contributed by atoms with Crippen LogP contribution in [0, 0.1) is 0 Å². The van der Waals surface area contributed by atoms with Crippen LogP contribution < -0.4 is 10.2 Å². The maximum atomic E-state index is 12.8. The number of nitrogens with zero attached hydrogens (tertiary/aromatic N) is 2. The first-order valence-electron chi connectivity index (χ1n) is 8.66. The average molecular weight is 369 g/mol. The van der Waals surface area contributed by atoms with Crippen LogP contribution in [0.1, 0.15) is 17.3 Å². The first-order valence-corrected chi connectivity index (χ1v) is 9.81. The van der Waals surface area contributed by atoms with Crippen molar-refractivity contribution in [3.8, 4) is 0 Å². The van der Waals surface area contributed by atoms with Gasteiger partial charge in [0.1, 0.15) is 6.04 Å². The van der Waals surface area contributed by atoms with Gasteiger partial charge in [-0.1, -0.05) is 24.3 Å². The number of nitrogens with one attached hydrogen (secondary N) is 1. The van der Waals surface area contributed by atoms with Crippen molar-refractivity contribution in [2.45, 2.75) is 13.0 Å². The van der Waals surface area contributed by atoms with Crippen molar-refractivity contribution in [1.29, 1.82) is 0 Å². The van der Waals surface area contributed by atoms with E-state index in [9.17, 15) is 9.59 Å². The van der Waals surface area contributed by atoms with E-state index in [4.69, 9.17) is 0 Å². The zero-order chi connectivity index (χ0) is 18.5. The second-order valence-electron chi connectivity index (χ2n) is 6.21. The lowest BCUT2D eigenvalue weighted by molar-refractivity contribution is -0.119. The van der Waals surface area contributed by atoms with Gasteiger partial charge in [-0.25, -0.2) is 0 Å². The third-order valence-electron chi connectivity index (χ3n) is 4.50. The van der Waals surface area contributed by atoms with E-state index in [2.05, 4.69) is 17.1 Å². The molecule has 1 aliphatic rings. The Bertz CT molecular complexity index is 782. The summed E-state index contributed by atoms with van der Waals surface area (Å²) >= 11 is 1.60. The molecule has 2 amide bonds. The van der Waals surface area contributed by atoms with E-state index in [1.165, 1.54) is 0 Å². The first kappa shape index (κ1) is 18.3. The number of thioether (sulfide) groups is 1. The second kappa shape index (κ2) is 8.27. The summed E-state index contributed by atoms with van der Waals surface area (Å²) in [4.78, 5) is 29.3. The molecule has 1 unspecified atom stereocenters. The number of anilines is 2. The highest BCUT2D eigenvalue weighted by Gasteiger charge is 2.35. The molecule has 3 rings (SSSR count). The van der Waals surface area contributed by atoms with Gasteiger partial charge < -0.3 is 15.1 Å². The number of carbonyl (C=O) groups is 2. The van der Waals surface area contributed by atoms with Crippen LogP contribution in [-0.2, 0) is 4.79 Å². The van der Waals surface area contributed by atoms with Crippen LogP contribution in [0.15, 0.2) is 54.6 Å². The molecule has 1 heterocycles. The Morgan fingerprint density at radius 3 is 2.69 bits per heavy atom. The third-order valence-corrected chi connectivity index (χ3v) is 5.51. The lowest BCUT2D eigenvalue weighted by Crippen LogP contribution is -2.44. The van der Waals surface area contributed by atoms with Gasteiger partial charge in [0.05, 0.1) is 5.88 Å². The highest BCUT2D eigenvalue weighted by Crippen LogP contribution is 2.25. The van der Waals surface area contributed by atoms with Crippen molar-refractivity contribution in [2.75, 3.05) is 35.4 Å². The molecular weight excluding hydrogens is 346 g/mol. The third kappa shape index (κ3) is 4.02. The number of hydrogen-bond acceptors (Lipinski definition) is 4. The van der Waals surface area contributed by atoms with Crippen molar-refractivity contribution < 1.29 is 9.59 Å². The monoisotopic (exact) mass is 369 g/mol. The summed E-state index contributed by atoms with van der Waals surface area (Å²) < 4.78 is 0. The van der Waals surface area contributed by atoms with Crippen LogP contribution in [0.5, 0.6) is 0 Å². The van der Waals surface area contributed by atoms with Crippen molar-refractivity contribution in [1.82, 2.24) is 4.90 Å². The van der Waals surface area contributed by atoms with E-state index >= 15 is 0 Å². The quantitative estimate of drug-likeness (QED) is 0.879. The van der Waals surface area contributed by atoms with E-state index in [0.29, 0.717) is 17.2 Å². The highest BCUT2D eigenvalue weighted by atomic mass is 32.2. The minimum Gasteiger partial charge on any atom is -0.375 e. The molecule has 1 fully saturated rings. The summed E-state index contributed by atoms with van der Waals surface area (Å²) in [5.41, 5.74) is 2.40. The van der Waals surface area contributed by atoms with E-state index in [1.54, 1.807) is 28.8 Å². The van der Waals surface area contributed by atoms with E-state index < -0.39 is 6.04 Å². The molecule has 5 nitrogen and oxygen atoms in total. The molecule has 1 saturated heterocycles. The Hall–Kier alpha value is -2.47. The number of amides is 2. The Balaban J connectivity index is 1.72. The molecule has 1 aliphatic heterocycles. The summed E-state index contributed by atoms with van der Waals surface area (Å²) in [6.45, 7) is 2.96. The van der Waals surface area contributed by atoms with Crippen molar-refractivity contribution in [3.05, 3.63) is 60.2 Å². The summed E-state index contributed by atoms with van der Waals surface area (Å²) in [5, 5.41) is 2.97. The van der Waals surface area contributed by atoms with E-state index in [-0.39, 0.29) is 11.8 Å². The molecule has 136 valence electrons. The largest absolute Gasteiger partial charge is 0.375 e. The fraction of sp³-hybridized carbons (Fsp3) is 0.300. The molecule has 0 bridgehead atoms. The SMILES string of the molecule is CCN(C)c1cccc(NC(=O)C2CSCN2C(=O)c2ccccc2)c1. The molecule has 2 aromatic rings. The Kier molecular flexibility index (Phi) is 5.83. The van der Waals surface area contributed by atoms with E-state index in [1.807, 2.05) is 49.5 Å². The van der Waals surface area contributed by atoms with Gasteiger partial charge >= 0.3 is 0 Å². The first-order chi connectivity index (χ1) is 12.6. The van der Waals surface area contributed by atoms with Crippen LogP contribution in [0.4, 0.5) is 11.4 Å². The predicted octanol–water partition coefficient (Wildman–Crippen LogP) is 3.30. The average Bonchev–Trinajstić information content (AvgIpc) is 3.17. The zero-order valence-electron chi connectivity index (χ0n) is 15.0. The number of carbonyl (C=O) groups excluding carboxylic acids is 2. The standard InChI is InChI=1S/C20H23N3O2S/c1-3-22(2)17-11-7-10-16(12-17)21-19(24)18-13-26-14-23(18)20(25)15-8-5-4-6-9-15/h4-12,18H,3,13-14H2,1-2H3,(H,21,24). The van der Waals surface area contributed by atoms with Crippen molar-refractivity contribution >= 4 is 35.0 Å². The van der Waals surface area contributed by atoms with E-state index in [0.717, 1.165) is 17.9 Å². The van der Waals surface area contributed by atoms with Gasteiger partial charge in [-0.05, 0) is 37.3 Å². The molecule has 6 heteroatoms. The van der Waals surface area contributed by atoms with Gasteiger partial charge in [0, 0.05) is 36.3 Å². The zero-order valence-corrected chi connectivity index (χ0v) is 15.8. The molecule has 0 radical (unpaired) electrons. The lowest BCUT2D eigenvalue weighted by atomic mass is 10.1. The lowest BCUT2D eigenvalue weighted by Gasteiger charge is -2.23. The second-order valence-corrected chi connectivity index (χ2v) is 7.21. The molecule has 26 heavy (non-hydrogen) atoms. The Morgan fingerprint density at radius 2 is 1.96 bits per heavy atom. The maximum absolute atomic E-state index is 12.8. The van der Waals surface area contributed by atoms with Crippen LogP contribution >= 0.6 is 11.8 Å². The van der Waals surface area contributed by atoms with Crippen molar-refractivity contribution in [3.63, 3.8) is 0 Å². The molecule has 0 saturated carbocycles. The summed E-state index contributed by atoms with van der Waals surface area (Å²) in [5.74, 6) is 0.898. The smallest absolute Gasteiger partial charge is 0.255 e. The minimum atomic E-state index is -0.458. The molecule has 1 N–H and O–H groups in total. The summed E-state index contributed by atoms with van der Waals surface area (Å²) in [6, 6.07) is 16.4. The van der Waals surface area contributed by atoms with Crippen molar-refractivity contribution in [2.24, 2.45) is 0 Å². The van der Waals surface area contributed by atoms with Gasteiger partial charge in [-0.15, -0.1) is 11.8 Å². The molecule has 1 atom stereocenters. The topological polar surface area (TPSA) is 52.7 Å². The van der Waals surface area contributed by atoms with Gasteiger partial charge in [-0.3, -0.25) is 9.59 Å². The predicted molar refractivity (Wildman–Crippen MR) is 108 cm³/mol. The van der Waals surface area contributed by atoms with Crippen LogP contribution in [0.2, 0.25) is 0 Å². The molecule has 0 aliphatic carbocycles. The van der Waals surface area contributed by atoms with Gasteiger partial charge in [-0.2, -0.15) is 0 Å². The number of benzene rings is 2. The highest BCUT2D eigenvalue weighted by molar-refractivity contribution is 7.99. The number of hydrogen-bond donors (Lipinski definition) is 1. The summed E-state index contributed by atoms with van der Waals surface area (Å²) in [6.07, 6.45) is 0. The molecule has 0 aromatic heterocycles. The van der Waals surface area contributed by atoms with Gasteiger partial charge in [0.2, 0.25) is 5.91 Å². The molecular formula is C20H23N3O2S. The summed E-state index contributed by atoms with van der Waals surface area (Å²) in [7, 11) is 2.01.